The maximum absolute atomic E-state index is 5.15. The Morgan fingerprint density at radius 3 is 2.80 bits per heavy atom. The summed E-state index contributed by atoms with van der Waals surface area (Å²) in [6.45, 7) is 9.15. The number of ether oxygens (including phenoxy) is 1. The van der Waals surface area contributed by atoms with Gasteiger partial charge in [-0.15, -0.1) is 0 Å². The molecule has 0 aliphatic carbocycles. The van der Waals surface area contributed by atoms with Gasteiger partial charge in [-0.05, 0) is 43.5 Å². The number of pyridine rings is 1. The molecule has 4 heteroatoms. The average molecular weight is 277 g/mol. The number of piperidine rings is 1. The summed E-state index contributed by atoms with van der Waals surface area (Å²) in [4.78, 5) is 6.72. The van der Waals surface area contributed by atoms with Gasteiger partial charge in [0.1, 0.15) is 0 Å². The van der Waals surface area contributed by atoms with Crippen LogP contribution in [0, 0.1) is 5.92 Å². The fourth-order valence-corrected chi connectivity index (χ4v) is 2.77. The molecule has 0 radical (unpaired) electrons. The first-order valence-corrected chi connectivity index (χ1v) is 7.62. The number of nitrogens with zero attached hydrogens (tertiary/aromatic N) is 2. The van der Waals surface area contributed by atoms with E-state index in [1.165, 1.54) is 38.0 Å². The number of nitrogens with one attached hydrogen (secondary N) is 1. The summed E-state index contributed by atoms with van der Waals surface area (Å²) in [5.74, 6) is 1.46. The summed E-state index contributed by atoms with van der Waals surface area (Å²) in [5.41, 5.74) is 1.24. The second kappa shape index (κ2) is 7.60. The van der Waals surface area contributed by atoms with Gasteiger partial charge in [0, 0.05) is 31.4 Å². The summed E-state index contributed by atoms with van der Waals surface area (Å²) in [6, 6.07) is 4.68. The fraction of sp³-hybridized carbons (Fsp3) is 0.688. The molecule has 20 heavy (non-hydrogen) atoms. The third-order valence-corrected chi connectivity index (χ3v) is 3.81. The van der Waals surface area contributed by atoms with Crippen molar-refractivity contribution in [1.82, 2.24) is 15.2 Å². The van der Waals surface area contributed by atoms with E-state index in [0.717, 1.165) is 12.5 Å². The van der Waals surface area contributed by atoms with Gasteiger partial charge in [0.15, 0.2) is 0 Å². The monoisotopic (exact) mass is 277 g/mol. The third kappa shape index (κ3) is 4.76. The Balaban J connectivity index is 1.73. The molecule has 1 aromatic rings. The van der Waals surface area contributed by atoms with E-state index >= 15 is 0 Å². The van der Waals surface area contributed by atoms with Crippen molar-refractivity contribution in [2.45, 2.75) is 39.3 Å². The molecule has 0 saturated carbocycles. The van der Waals surface area contributed by atoms with Gasteiger partial charge in [-0.2, -0.15) is 0 Å². The predicted molar refractivity (Wildman–Crippen MR) is 81.9 cm³/mol. The largest absolute Gasteiger partial charge is 0.481 e. The second-order valence-electron chi connectivity index (χ2n) is 6.06. The lowest BCUT2D eigenvalue weighted by molar-refractivity contribution is 0.179. The molecule has 2 heterocycles. The molecule has 1 aliphatic heterocycles. The van der Waals surface area contributed by atoms with Crippen molar-refractivity contribution >= 4 is 0 Å². The Bertz CT molecular complexity index is 400. The molecule has 1 aliphatic rings. The Kier molecular flexibility index (Phi) is 5.80. The Hall–Kier alpha value is -1.13. The van der Waals surface area contributed by atoms with Gasteiger partial charge < -0.3 is 15.0 Å². The topological polar surface area (TPSA) is 37.4 Å². The van der Waals surface area contributed by atoms with E-state index in [1.54, 1.807) is 13.3 Å². The van der Waals surface area contributed by atoms with Crippen molar-refractivity contribution < 1.29 is 4.74 Å². The Morgan fingerprint density at radius 1 is 1.40 bits per heavy atom. The van der Waals surface area contributed by atoms with E-state index in [4.69, 9.17) is 4.74 Å². The zero-order valence-corrected chi connectivity index (χ0v) is 12.9. The lowest BCUT2D eigenvalue weighted by atomic mass is 10.0. The fourth-order valence-electron chi connectivity index (χ4n) is 2.77. The van der Waals surface area contributed by atoms with E-state index in [9.17, 15) is 0 Å². The molecule has 0 unspecified atom stereocenters. The summed E-state index contributed by atoms with van der Waals surface area (Å²) < 4.78 is 5.15. The highest BCUT2D eigenvalue weighted by atomic mass is 16.5. The second-order valence-corrected chi connectivity index (χ2v) is 6.06. The van der Waals surface area contributed by atoms with E-state index in [1.807, 2.05) is 12.1 Å². The molecule has 1 aromatic heterocycles. The number of likely N-dealkylation sites (tertiary alicyclic amines) is 1. The lowest BCUT2D eigenvalue weighted by Gasteiger charge is -2.33. The number of aromatic nitrogens is 1. The van der Waals surface area contributed by atoms with Gasteiger partial charge in [0.05, 0.1) is 7.11 Å². The minimum absolute atomic E-state index is 0.637. The van der Waals surface area contributed by atoms with Crippen LogP contribution in [-0.4, -0.2) is 42.7 Å². The van der Waals surface area contributed by atoms with Crippen LogP contribution in [0.25, 0.3) is 0 Å². The van der Waals surface area contributed by atoms with Gasteiger partial charge in [-0.25, -0.2) is 4.98 Å². The number of hydrogen-bond acceptors (Lipinski definition) is 4. The van der Waals surface area contributed by atoms with Crippen LogP contribution < -0.4 is 10.1 Å². The summed E-state index contributed by atoms with van der Waals surface area (Å²) in [5, 5.41) is 3.65. The first-order chi connectivity index (χ1) is 9.67. The molecular formula is C16H27N3O. The molecule has 1 fully saturated rings. The molecule has 112 valence electrons. The molecule has 0 bridgehead atoms. The van der Waals surface area contributed by atoms with Crippen LogP contribution in [0.4, 0.5) is 0 Å². The van der Waals surface area contributed by atoms with Crippen LogP contribution >= 0.6 is 0 Å². The van der Waals surface area contributed by atoms with Crippen molar-refractivity contribution in [3.63, 3.8) is 0 Å². The first-order valence-electron chi connectivity index (χ1n) is 7.62. The molecule has 4 nitrogen and oxygen atoms in total. The highest BCUT2D eigenvalue weighted by Gasteiger charge is 2.19. The van der Waals surface area contributed by atoms with Crippen molar-refractivity contribution in [1.29, 1.82) is 0 Å². The zero-order valence-electron chi connectivity index (χ0n) is 12.9. The molecule has 2 rings (SSSR count). The van der Waals surface area contributed by atoms with Crippen LogP contribution in [0.15, 0.2) is 18.3 Å². The van der Waals surface area contributed by atoms with Crippen molar-refractivity contribution in [3.05, 3.63) is 23.9 Å². The molecular weight excluding hydrogens is 250 g/mol. The highest BCUT2D eigenvalue weighted by molar-refractivity contribution is 5.20. The predicted octanol–water partition coefficient (Wildman–Crippen LogP) is 2.30. The molecule has 0 aromatic carbocycles. The van der Waals surface area contributed by atoms with Gasteiger partial charge in [-0.3, -0.25) is 0 Å². The van der Waals surface area contributed by atoms with Gasteiger partial charge >= 0.3 is 0 Å². The van der Waals surface area contributed by atoms with E-state index in [0.29, 0.717) is 11.9 Å². The summed E-state index contributed by atoms with van der Waals surface area (Å²) in [6.07, 6.45) is 4.30. The van der Waals surface area contributed by atoms with Crippen molar-refractivity contribution in [2.75, 3.05) is 26.7 Å². The van der Waals surface area contributed by atoms with Crippen LogP contribution in [0.2, 0.25) is 0 Å². The zero-order chi connectivity index (χ0) is 14.4. The van der Waals surface area contributed by atoms with Gasteiger partial charge in [-0.1, -0.05) is 13.8 Å². The maximum atomic E-state index is 5.15. The minimum atomic E-state index is 0.637. The highest BCUT2D eigenvalue weighted by Crippen LogP contribution is 2.14. The molecule has 1 saturated heterocycles. The van der Waals surface area contributed by atoms with E-state index in [-0.39, 0.29) is 0 Å². The van der Waals surface area contributed by atoms with Crippen molar-refractivity contribution in [3.8, 4) is 5.88 Å². The quantitative estimate of drug-likeness (QED) is 0.866. The maximum Gasteiger partial charge on any atom is 0.213 e. The van der Waals surface area contributed by atoms with Crippen molar-refractivity contribution in [2.24, 2.45) is 5.92 Å². The van der Waals surface area contributed by atoms with E-state index < -0.39 is 0 Å². The number of hydrogen-bond donors (Lipinski definition) is 1. The van der Waals surface area contributed by atoms with Gasteiger partial charge in [0.25, 0.3) is 0 Å². The van der Waals surface area contributed by atoms with Crippen LogP contribution in [0.3, 0.4) is 0 Å². The summed E-state index contributed by atoms with van der Waals surface area (Å²) >= 11 is 0. The summed E-state index contributed by atoms with van der Waals surface area (Å²) in [7, 11) is 1.66. The normalized spacial score (nSPS) is 17.6. The molecule has 0 spiro atoms. The first kappa shape index (κ1) is 15.3. The standard InChI is InChI=1S/C16H27N3O/c1-13(2)12-19-8-5-15(6-9-19)18-11-14-4-7-17-16(10-14)20-3/h4,7,10,13,15,18H,5-6,8-9,11-12H2,1-3H3. The van der Waals surface area contributed by atoms with Crippen LogP contribution in [-0.2, 0) is 6.54 Å². The SMILES string of the molecule is COc1cc(CNC2CCN(CC(C)C)CC2)ccn1. The Labute approximate surface area is 122 Å². The lowest BCUT2D eigenvalue weighted by Crippen LogP contribution is -2.43. The third-order valence-electron chi connectivity index (χ3n) is 3.81. The molecule has 1 N–H and O–H groups in total. The van der Waals surface area contributed by atoms with Gasteiger partial charge in [0.2, 0.25) is 5.88 Å². The minimum Gasteiger partial charge on any atom is -0.481 e. The molecule has 0 amide bonds. The number of methoxy groups -OCH3 is 1. The number of rotatable bonds is 6. The van der Waals surface area contributed by atoms with Crippen LogP contribution in [0.5, 0.6) is 5.88 Å². The van der Waals surface area contributed by atoms with Crippen LogP contribution in [0.1, 0.15) is 32.3 Å². The average Bonchev–Trinajstić information content (AvgIpc) is 2.46. The Morgan fingerprint density at radius 2 is 2.15 bits per heavy atom. The van der Waals surface area contributed by atoms with E-state index in [2.05, 4.69) is 29.0 Å². The molecule has 0 atom stereocenters. The smallest absolute Gasteiger partial charge is 0.213 e.